The van der Waals surface area contributed by atoms with E-state index in [0.717, 1.165) is 12.5 Å². The van der Waals surface area contributed by atoms with Crippen molar-refractivity contribution in [1.82, 2.24) is 5.32 Å². The van der Waals surface area contributed by atoms with Crippen molar-refractivity contribution in [2.24, 2.45) is 5.92 Å². The zero-order chi connectivity index (χ0) is 12.6. The first kappa shape index (κ1) is 13.4. The standard InChI is InChI=1S/C16H26N2/c1-2-4-14-6-8-16(9-7-14)18-12-10-15-5-3-11-17-13-15/h6-9,15,17-18H,2-5,10-13H2,1H3. The average molecular weight is 246 g/mol. The molecule has 1 aliphatic heterocycles. The lowest BCUT2D eigenvalue weighted by atomic mass is 9.96. The van der Waals surface area contributed by atoms with Gasteiger partial charge in [-0.15, -0.1) is 0 Å². The lowest BCUT2D eigenvalue weighted by Crippen LogP contribution is -2.30. The fourth-order valence-corrected chi connectivity index (χ4v) is 2.67. The highest BCUT2D eigenvalue weighted by atomic mass is 14.9. The maximum absolute atomic E-state index is 3.53. The number of aryl methyl sites for hydroxylation is 1. The van der Waals surface area contributed by atoms with E-state index in [1.54, 1.807) is 0 Å². The zero-order valence-corrected chi connectivity index (χ0v) is 11.5. The minimum absolute atomic E-state index is 0.866. The van der Waals surface area contributed by atoms with Crippen LogP contribution in [0.3, 0.4) is 0 Å². The van der Waals surface area contributed by atoms with E-state index in [-0.39, 0.29) is 0 Å². The summed E-state index contributed by atoms with van der Waals surface area (Å²) in [6, 6.07) is 8.91. The van der Waals surface area contributed by atoms with Crippen molar-refractivity contribution in [3.05, 3.63) is 29.8 Å². The van der Waals surface area contributed by atoms with Gasteiger partial charge in [0.1, 0.15) is 0 Å². The van der Waals surface area contributed by atoms with Gasteiger partial charge in [0, 0.05) is 12.2 Å². The number of hydrogen-bond acceptors (Lipinski definition) is 2. The van der Waals surface area contributed by atoms with Crippen LogP contribution in [0.15, 0.2) is 24.3 Å². The molecule has 0 saturated carbocycles. The van der Waals surface area contributed by atoms with Gasteiger partial charge in [-0.05, 0) is 62.4 Å². The molecule has 0 amide bonds. The van der Waals surface area contributed by atoms with Crippen molar-refractivity contribution in [3.63, 3.8) is 0 Å². The summed E-state index contributed by atoms with van der Waals surface area (Å²) < 4.78 is 0. The minimum Gasteiger partial charge on any atom is -0.385 e. The molecule has 2 heteroatoms. The van der Waals surface area contributed by atoms with Gasteiger partial charge < -0.3 is 10.6 Å². The van der Waals surface area contributed by atoms with Gasteiger partial charge in [-0.25, -0.2) is 0 Å². The van der Waals surface area contributed by atoms with Crippen LogP contribution in [0.2, 0.25) is 0 Å². The third kappa shape index (κ3) is 4.34. The van der Waals surface area contributed by atoms with E-state index in [1.807, 2.05) is 0 Å². The number of anilines is 1. The number of piperidine rings is 1. The van der Waals surface area contributed by atoms with E-state index in [4.69, 9.17) is 0 Å². The SMILES string of the molecule is CCCc1ccc(NCCC2CCCNC2)cc1. The van der Waals surface area contributed by atoms with Crippen LogP contribution in [0.5, 0.6) is 0 Å². The van der Waals surface area contributed by atoms with E-state index in [9.17, 15) is 0 Å². The molecule has 18 heavy (non-hydrogen) atoms. The molecule has 0 radical (unpaired) electrons. The zero-order valence-electron chi connectivity index (χ0n) is 11.5. The predicted molar refractivity (Wildman–Crippen MR) is 79.1 cm³/mol. The molecule has 0 aromatic heterocycles. The first-order valence-corrected chi connectivity index (χ1v) is 7.42. The Morgan fingerprint density at radius 2 is 2.11 bits per heavy atom. The number of rotatable bonds is 6. The number of hydrogen-bond donors (Lipinski definition) is 2. The summed E-state index contributed by atoms with van der Waals surface area (Å²) in [6.07, 6.45) is 6.43. The topological polar surface area (TPSA) is 24.1 Å². The Bertz CT molecular complexity index is 325. The first-order chi connectivity index (χ1) is 8.88. The van der Waals surface area contributed by atoms with E-state index in [0.29, 0.717) is 0 Å². The lowest BCUT2D eigenvalue weighted by molar-refractivity contribution is 0.364. The number of benzene rings is 1. The molecule has 1 saturated heterocycles. The van der Waals surface area contributed by atoms with Crippen molar-refractivity contribution in [2.45, 2.75) is 39.0 Å². The van der Waals surface area contributed by atoms with Crippen molar-refractivity contribution in [3.8, 4) is 0 Å². The van der Waals surface area contributed by atoms with Gasteiger partial charge in [-0.3, -0.25) is 0 Å². The van der Waals surface area contributed by atoms with Gasteiger partial charge in [0.15, 0.2) is 0 Å². The molecule has 100 valence electrons. The summed E-state index contributed by atoms with van der Waals surface area (Å²) in [6.45, 7) is 5.74. The molecule has 1 atom stereocenters. The summed E-state index contributed by atoms with van der Waals surface area (Å²) in [5.41, 5.74) is 2.71. The molecular formula is C16H26N2. The van der Waals surface area contributed by atoms with Crippen LogP contribution < -0.4 is 10.6 Å². The summed E-state index contributed by atoms with van der Waals surface area (Å²) >= 11 is 0. The van der Waals surface area contributed by atoms with Crippen molar-refractivity contribution >= 4 is 5.69 Å². The van der Waals surface area contributed by atoms with Crippen LogP contribution in [0, 0.1) is 5.92 Å². The summed E-state index contributed by atoms with van der Waals surface area (Å²) in [7, 11) is 0. The molecule has 1 fully saturated rings. The predicted octanol–water partition coefficient (Wildman–Crippen LogP) is 3.44. The summed E-state index contributed by atoms with van der Waals surface area (Å²) in [5.74, 6) is 0.866. The van der Waals surface area contributed by atoms with Crippen LogP contribution in [0.1, 0.15) is 38.2 Å². The average Bonchev–Trinajstić information content (AvgIpc) is 2.42. The van der Waals surface area contributed by atoms with Gasteiger partial charge in [-0.2, -0.15) is 0 Å². The molecular weight excluding hydrogens is 220 g/mol. The highest BCUT2D eigenvalue weighted by molar-refractivity contribution is 5.44. The van der Waals surface area contributed by atoms with Crippen LogP contribution in [0.4, 0.5) is 5.69 Å². The molecule has 1 heterocycles. The lowest BCUT2D eigenvalue weighted by Gasteiger charge is -2.22. The Hall–Kier alpha value is -1.02. The van der Waals surface area contributed by atoms with Crippen molar-refractivity contribution in [2.75, 3.05) is 25.0 Å². The highest BCUT2D eigenvalue weighted by Gasteiger charge is 2.11. The van der Waals surface area contributed by atoms with Crippen molar-refractivity contribution in [1.29, 1.82) is 0 Å². The van der Waals surface area contributed by atoms with E-state index < -0.39 is 0 Å². The molecule has 1 aliphatic rings. The van der Waals surface area contributed by atoms with Gasteiger partial charge in [0.25, 0.3) is 0 Å². The van der Waals surface area contributed by atoms with Gasteiger partial charge in [0.2, 0.25) is 0 Å². The van der Waals surface area contributed by atoms with Crippen LogP contribution in [0.25, 0.3) is 0 Å². The minimum atomic E-state index is 0.866. The quantitative estimate of drug-likeness (QED) is 0.803. The fourth-order valence-electron chi connectivity index (χ4n) is 2.67. The molecule has 2 nitrogen and oxygen atoms in total. The maximum atomic E-state index is 3.53. The van der Waals surface area contributed by atoms with Gasteiger partial charge in [-0.1, -0.05) is 25.5 Å². The fraction of sp³-hybridized carbons (Fsp3) is 0.625. The molecule has 2 N–H and O–H groups in total. The van der Waals surface area contributed by atoms with E-state index in [2.05, 4.69) is 41.8 Å². The summed E-state index contributed by atoms with van der Waals surface area (Å²) in [4.78, 5) is 0. The van der Waals surface area contributed by atoms with Crippen LogP contribution in [-0.4, -0.2) is 19.6 Å². The number of nitrogens with one attached hydrogen (secondary N) is 2. The van der Waals surface area contributed by atoms with E-state index in [1.165, 1.54) is 56.4 Å². The third-order valence-corrected chi connectivity index (χ3v) is 3.77. The first-order valence-electron chi connectivity index (χ1n) is 7.42. The highest BCUT2D eigenvalue weighted by Crippen LogP contribution is 2.15. The molecule has 1 aromatic carbocycles. The molecule has 0 bridgehead atoms. The second kappa shape index (κ2) is 7.42. The van der Waals surface area contributed by atoms with E-state index >= 15 is 0 Å². The third-order valence-electron chi connectivity index (χ3n) is 3.77. The molecule has 0 spiro atoms. The second-order valence-electron chi connectivity index (χ2n) is 5.37. The Labute approximate surface area is 111 Å². The summed E-state index contributed by atoms with van der Waals surface area (Å²) in [5, 5.41) is 7.01. The Morgan fingerprint density at radius 1 is 1.28 bits per heavy atom. The Kier molecular flexibility index (Phi) is 5.53. The largest absolute Gasteiger partial charge is 0.385 e. The van der Waals surface area contributed by atoms with Crippen molar-refractivity contribution < 1.29 is 0 Å². The van der Waals surface area contributed by atoms with Crippen LogP contribution in [-0.2, 0) is 6.42 Å². The van der Waals surface area contributed by atoms with Gasteiger partial charge >= 0.3 is 0 Å². The molecule has 1 unspecified atom stereocenters. The molecule has 0 aliphatic carbocycles. The molecule has 2 rings (SSSR count). The monoisotopic (exact) mass is 246 g/mol. The molecule has 1 aromatic rings. The normalized spacial score (nSPS) is 19.7. The van der Waals surface area contributed by atoms with Gasteiger partial charge in [0.05, 0.1) is 0 Å². The second-order valence-corrected chi connectivity index (χ2v) is 5.37. The Balaban J connectivity index is 1.69. The van der Waals surface area contributed by atoms with Crippen LogP contribution >= 0.6 is 0 Å². The maximum Gasteiger partial charge on any atom is 0.0340 e. The Morgan fingerprint density at radius 3 is 2.78 bits per heavy atom. The smallest absolute Gasteiger partial charge is 0.0340 e.